The van der Waals surface area contributed by atoms with E-state index in [-0.39, 0.29) is 5.56 Å². The number of aromatic nitrogens is 1. The molecule has 0 atom stereocenters. The quantitative estimate of drug-likeness (QED) is 0.736. The maximum absolute atomic E-state index is 11.2. The van der Waals surface area contributed by atoms with Gasteiger partial charge in [-0.25, -0.2) is 4.79 Å². The van der Waals surface area contributed by atoms with E-state index in [0.29, 0.717) is 4.47 Å². The minimum absolute atomic E-state index is 0.259. The van der Waals surface area contributed by atoms with E-state index in [2.05, 4.69) is 20.9 Å². The van der Waals surface area contributed by atoms with Gasteiger partial charge in [0.25, 0.3) is 0 Å². The Morgan fingerprint density at radius 2 is 1.76 bits per heavy atom. The van der Waals surface area contributed by atoms with Crippen molar-refractivity contribution in [1.29, 1.82) is 0 Å². The van der Waals surface area contributed by atoms with Crippen molar-refractivity contribution in [2.45, 2.75) is 6.92 Å². The number of rotatable bonds is 2. The molecule has 1 aromatic heterocycles. The topological polar surface area (TPSA) is 50.2 Å². The molecule has 0 aliphatic rings. The first-order valence-electron chi connectivity index (χ1n) is 6.45. The highest BCUT2D eigenvalue weighted by atomic mass is 79.9. The van der Waals surface area contributed by atoms with E-state index >= 15 is 0 Å². The van der Waals surface area contributed by atoms with Crippen molar-refractivity contribution in [2.75, 3.05) is 0 Å². The third-order valence-electron chi connectivity index (χ3n) is 3.36. The van der Waals surface area contributed by atoms with Gasteiger partial charge in [0.15, 0.2) is 0 Å². The predicted molar refractivity (Wildman–Crippen MR) is 86.6 cm³/mol. The number of benzene rings is 2. The van der Waals surface area contributed by atoms with Crippen LogP contribution in [0.25, 0.3) is 22.0 Å². The molecule has 0 amide bonds. The second kappa shape index (κ2) is 5.30. The third kappa shape index (κ3) is 2.67. The fraction of sp³-hybridized carbons (Fsp3) is 0.0588. The van der Waals surface area contributed by atoms with Crippen LogP contribution >= 0.6 is 15.9 Å². The normalized spacial score (nSPS) is 10.8. The molecule has 0 unspecified atom stereocenters. The monoisotopic (exact) mass is 341 g/mol. The summed E-state index contributed by atoms with van der Waals surface area (Å²) in [6.45, 7) is 1.96. The summed E-state index contributed by atoms with van der Waals surface area (Å²) in [4.78, 5) is 15.7. The molecule has 4 heteroatoms. The van der Waals surface area contributed by atoms with Crippen molar-refractivity contribution in [3.05, 3.63) is 64.3 Å². The van der Waals surface area contributed by atoms with Crippen LogP contribution in [0, 0.1) is 6.92 Å². The summed E-state index contributed by atoms with van der Waals surface area (Å²) in [5, 5.41) is 10.2. The molecule has 3 nitrogen and oxygen atoms in total. The molecule has 1 N–H and O–H groups in total. The van der Waals surface area contributed by atoms with Gasteiger partial charge in [-0.05, 0) is 64.3 Å². The van der Waals surface area contributed by atoms with Crippen molar-refractivity contribution in [3.8, 4) is 11.1 Å². The van der Waals surface area contributed by atoms with Gasteiger partial charge in [-0.2, -0.15) is 0 Å². The molecular formula is C17H12BrNO2. The number of pyridine rings is 1. The highest BCUT2D eigenvalue weighted by molar-refractivity contribution is 9.10. The van der Waals surface area contributed by atoms with E-state index < -0.39 is 5.97 Å². The van der Waals surface area contributed by atoms with Gasteiger partial charge in [0.1, 0.15) is 0 Å². The predicted octanol–water partition coefficient (Wildman–Crippen LogP) is 4.67. The fourth-order valence-corrected chi connectivity index (χ4v) is 2.69. The highest BCUT2D eigenvalue weighted by Gasteiger charge is 2.10. The van der Waals surface area contributed by atoms with Gasteiger partial charge in [0.2, 0.25) is 0 Å². The average Bonchev–Trinajstić information content (AvgIpc) is 2.47. The van der Waals surface area contributed by atoms with E-state index in [0.717, 1.165) is 27.7 Å². The van der Waals surface area contributed by atoms with Crippen molar-refractivity contribution in [3.63, 3.8) is 0 Å². The molecular weight excluding hydrogens is 330 g/mol. The zero-order valence-corrected chi connectivity index (χ0v) is 12.9. The summed E-state index contributed by atoms with van der Waals surface area (Å²) in [5.41, 5.74) is 4.03. The Bertz CT molecular complexity index is 859. The smallest absolute Gasteiger partial charge is 0.336 e. The minimum Gasteiger partial charge on any atom is -0.478 e. The Morgan fingerprint density at radius 3 is 2.52 bits per heavy atom. The molecule has 0 bridgehead atoms. The first-order chi connectivity index (χ1) is 10.0. The van der Waals surface area contributed by atoms with Crippen LogP contribution in [0.5, 0.6) is 0 Å². The molecule has 104 valence electrons. The Kier molecular flexibility index (Phi) is 3.47. The van der Waals surface area contributed by atoms with E-state index in [1.165, 1.54) is 0 Å². The molecule has 0 aliphatic heterocycles. The van der Waals surface area contributed by atoms with Crippen molar-refractivity contribution in [2.24, 2.45) is 0 Å². The van der Waals surface area contributed by atoms with Gasteiger partial charge in [-0.3, -0.25) is 4.98 Å². The van der Waals surface area contributed by atoms with Gasteiger partial charge >= 0.3 is 5.97 Å². The van der Waals surface area contributed by atoms with Crippen LogP contribution in [-0.2, 0) is 0 Å². The molecule has 0 spiro atoms. The van der Waals surface area contributed by atoms with E-state index in [4.69, 9.17) is 0 Å². The Hall–Kier alpha value is -2.20. The second-order valence-corrected chi connectivity index (χ2v) is 5.71. The van der Waals surface area contributed by atoms with Crippen molar-refractivity contribution < 1.29 is 9.90 Å². The van der Waals surface area contributed by atoms with Gasteiger partial charge in [0, 0.05) is 15.6 Å². The van der Waals surface area contributed by atoms with Crippen LogP contribution in [-0.4, -0.2) is 16.1 Å². The number of carboxylic acids is 1. The largest absolute Gasteiger partial charge is 0.478 e. The molecule has 0 saturated heterocycles. The highest BCUT2D eigenvalue weighted by Crippen LogP contribution is 2.28. The molecule has 21 heavy (non-hydrogen) atoms. The molecule has 0 saturated carbocycles. The minimum atomic E-state index is -0.943. The Labute approximate surface area is 130 Å². The van der Waals surface area contributed by atoms with Crippen LogP contribution in [0.15, 0.2) is 53.0 Å². The molecule has 1 heterocycles. The van der Waals surface area contributed by atoms with Crippen LogP contribution < -0.4 is 0 Å². The fourth-order valence-electron chi connectivity index (χ4n) is 2.28. The standard InChI is InChI=1S/C17H12BrNO2/c1-10-2-3-13-8-11(5-7-16(13)19-10)12-4-6-15(18)14(9-12)17(20)21/h2-9H,1H3,(H,20,21). The number of aromatic carboxylic acids is 1. The summed E-state index contributed by atoms with van der Waals surface area (Å²) in [6, 6.07) is 15.3. The molecule has 0 aliphatic carbocycles. The molecule has 3 rings (SSSR count). The molecule has 2 aromatic carbocycles. The van der Waals surface area contributed by atoms with Crippen LogP contribution in [0.2, 0.25) is 0 Å². The first kappa shape index (κ1) is 13.8. The lowest BCUT2D eigenvalue weighted by molar-refractivity contribution is 0.0696. The lowest BCUT2D eigenvalue weighted by Gasteiger charge is -2.07. The summed E-state index contributed by atoms with van der Waals surface area (Å²) >= 11 is 3.26. The maximum atomic E-state index is 11.2. The molecule has 3 aromatic rings. The van der Waals surface area contributed by atoms with Gasteiger partial charge in [-0.1, -0.05) is 18.2 Å². The number of nitrogens with zero attached hydrogens (tertiary/aromatic N) is 1. The lowest BCUT2D eigenvalue weighted by atomic mass is 10.0. The summed E-state index contributed by atoms with van der Waals surface area (Å²) in [6.07, 6.45) is 0. The Morgan fingerprint density at radius 1 is 1.05 bits per heavy atom. The second-order valence-electron chi connectivity index (χ2n) is 4.86. The third-order valence-corrected chi connectivity index (χ3v) is 4.05. The van der Waals surface area contributed by atoms with E-state index in [9.17, 15) is 9.90 Å². The number of halogens is 1. The Balaban J connectivity index is 2.14. The maximum Gasteiger partial charge on any atom is 0.336 e. The summed E-state index contributed by atoms with van der Waals surface area (Å²) < 4.78 is 0.580. The van der Waals surface area contributed by atoms with E-state index in [1.807, 2.05) is 43.3 Å². The molecule has 0 fully saturated rings. The first-order valence-corrected chi connectivity index (χ1v) is 7.24. The van der Waals surface area contributed by atoms with Crippen molar-refractivity contribution in [1.82, 2.24) is 4.98 Å². The number of hydrogen-bond acceptors (Lipinski definition) is 2. The number of carboxylic acid groups (broad SMARTS) is 1. The van der Waals surface area contributed by atoms with Crippen molar-refractivity contribution >= 4 is 32.8 Å². The number of carbonyl (C=O) groups is 1. The molecule has 0 radical (unpaired) electrons. The zero-order chi connectivity index (χ0) is 15.0. The SMILES string of the molecule is Cc1ccc2cc(-c3ccc(Br)c(C(=O)O)c3)ccc2n1. The zero-order valence-electron chi connectivity index (χ0n) is 11.3. The van der Waals surface area contributed by atoms with E-state index in [1.54, 1.807) is 12.1 Å². The van der Waals surface area contributed by atoms with Crippen LogP contribution in [0.1, 0.15) is 16.1 Å². The number of hydrogen-bond donors (Lipinski definition) is 1. The lowest BCUT2D eigenvalue weighted by Crippen LogP contribution is -1.97. The summed E-state index contributed by atoms with van der Waals surface area (Å²) in [7, 11) is 0. The van der Waals surface area contributed by atoms with Crippen LogP contribution in [0.3, 0.4) is 0 Å². The van der Waals surface area contributed by atoms with Gasteiger partial charge < -0.3 is 5.11 Å². The number of fused-ring (bicyclic) bond motifs is 1. The van der Waals surface area contributed by atoms with Crippen LogP contribution in [0.4, 0.5) is 0 Å². The van der Waals surface area contributed by atoms with Gasteiger partial charge in [0.05, 0.1) is 11.1 Å². The van der Waals surface area contributed by atoms with Gasteiger partial charge in [-0.15, -0.1) is 0 Å². The average molecular weight is 342 g/mol. The number of aryl methyl sites for hydroxylation is 1. The summed E-state index contributed by atoms with van der Waals surface area (Å²) in [5.74, 6) is -0.943.